The second kappa shape index (κ2) is 6.53. The maximum atomic E-state index is 13.2. The Morgan fingerprint density at radius 3 is 2.92 bits per heavy atom. The first-order chi connectivity index (χ1) is 12.6. The molecule has 1 fully saturated rings. The Morgan fingerprint density at radius 1 is 1.35 bits per heavy atom. The molecule has 6 nitrogen and oxygen atoms in total. The number of nitrogens with zero attached hydrogens (tertiary/aromatic N) is 3. The van der Waals surface area contributed by atoms with Crippen LogP contribution in [-0.2, 0) is 6.42 Å². The first kappa shape index (κ1) is 16.7. The van der Waals surface area contributed by atoms with Crippen LogP contribution in [0.1, 0.15) is 34.5 Å². The molecule has 3 heterocycles. The minimum atomic E-state index is -0.572. The summed E-state index contributed by atoms with van der Waals surface area (Å²) in [6.45, 7) is 2.40. The third kappa shape index (κ3) is 2.76. The van der Waals surface area contributed by atoms with Crippen LogP contribution >= 0.6 is 0 Å². The van der Waals surface area contributed by atoms with Gasteiger partial charge in [0.2, 0.25) is 0 Å². The predicted octanol–water partition coefficient (Wildman–Crippen LogP) is 2.74. The Bertz CT molecular complexity index is 938. The number of amides is 1. The SMILES string of the molecule is Cc1noc2ncc(C(=O)N3CCCC3(CO)Cc3ccccc3)cc12. The van der Waals surface area contributed by atoms with E-state index in [-0.39, 0.29) is 12.5 Å². The highest BCUT2D eigenvalue weighted by Gasteiger charge is 2.43. The quantitative estimate of drug-likeness (QED) is 0.782. The Hall–Kier alpha value is -2.73. The summed E-state index contributed by atoms with van der Waals surface area (Å²) in [6.07, 6.45) is 3.82. The number of carbonyl (C=O) groups is 1. The fourth-order valence-electron chi connectivity index (χ4n) is 3.85. The van der Waals surface area contributed by atoms with E-state index in [1.807, 2.05) is 42.2 Å². The van der Waals surface area contributed by atoms with Crippen molar-refractivity contribution in [1.29, 1.82) is 0 Å². The van der Waals surface area contributed by atoms with Crippen molar-refractivity contribution < 1.29 is 14.4 Å². The number of rotatable bonds is 4. The molecule has 0 saturated carbocycles. The van der Waals surface area contributed by atoms with Crippen LogP contribution < -0.4 is 0 Å². The number of hydrogen-bond donors (Lipinski definition) is 1. The van der Waals surface area contributed by atoms with Gasteiger partial charge >= 0.3 is 0 Å². The normalized spacial score (nSPS) is 20.0. The van der Waals surface area contributed by atoms with Crippen molar-refractivity contribution in [3.63, 3.8) is 0 Å². The maximum Gasteiger partial charge on any atom is 0.257 e. The summed E-state index contributed by atoms with van der Waals surface area (Å²) in [5.74, 6) is -0.109. The van der Waals surface area contributed by atoms with Gasteiger partial charge in [0, 0.05) is 12.7 Å². The average molecular weight is 351 g/mol. The number of carbonyl (C=O) groups excluding carboxylic acids is 1. The van der Waals surface area contributed by atoms with Crippen LogP contribution in [0, 0.1) is 6.92 Å². The minimum Gasteiger partial charge on any atom is -0.394 e. The van der Waals surface area contributed by atoms with Crippen molar-refractivity contribution in [1.82, 2.24) is 15.0 Å². The van der Waals surface area contributed by atoms with E-state index in [4.69, 9.17) is 4.52 Å². The number of hydrogen-bond acceptors (Lipinski definition) is 5. The molecule has 1 N–H and O–H groups in total. The van der Waals surface area contributed by atoms with E-state index in [2.05, 4.69) is 10.1 Å². The molecule has 0 bridgehead atoms. The summed E-state index contributed by atoms with van der Waals surface area (Å²) < 4.78 is 5.12. The van der Waals surface area contributed by atoms with E-state index in [0.717, 1.165) is 23.8 Å². The summed E-state index contributed by atoms with van der Waals surface area (Å²) in [5, 5.41) is 14.8. The lowest BCUT2D eigenvalue weighted by molar-refractivity contribution is 0.0412. The van der Waals surface area contributed by atoms with Gasteiger partial charge in [-0.1, -0.05) is 35.5 Å². The number of aliphatic hydroxyl groups excluding tert-OH is 1. The first-order valence-corrected chi connectivity index (χ1v) is 8.82. The molecule has 1 atom stereocenters. The Labute approximate surface area is 151 Å². The molecule has 6 heteroatoms. The standard InChI is InChI=1S/C20H21N3O3/c1-14-17-10-16(12-21-18(17)26-22-14)19(25)23-9-5-8-20(23,13-24)11-15-6-3-2-4-7-15/h2-4,6-7,10,12,24H,5,8-9,11,13H2,1H3. The molecule has 1 aliphatic heterocycles. The third-order valence-corrected chi connectivity index (χ3v) is 5.27. The topological polar surface area (TPSA) is 79.5 Å². The number of likely N-dealkylation sites (tertiary alicyclic amines) is 1. The lowest BCUT2D eigenvalue weighted by Gasteiger charge is -2.37. The average Bonchev–Trinajstić information content (AvgIpc) is 3.26. The van der Waals surface area contributed by atoms with Gasteiger partial charge in [0.25, 0.3) is 11.6 Å². The molecular weight excluding hydrogens is 330 g/mol. The monoisotopic (exact) mass is 351 g/mol. The van der Waals surface area contributed by atoms with Gasteiger partial charge < -0.3 is 14.5 Å². The molecule has 1 aliphatic rings. The fraction of sp³-hybridized carbons (Fsp3) is 0.350. The van der Waals surface area contributed by atoms with Crippen molar-refractivity contribution in [3.05, 3.63) is 59.4 Å². The molecule has 1 saturated heterocycles. The summed E-state index contributed by atoms with van der Waals surface area (Å²) in [4.78, 5) is 19.2. The van der Waals surface area contributed by atoms with Gasteiger partial charge in [-0.25, -0.2) is 4.98 Å². The number of pyridine rings is 1. The van der Waals surface area contributed by atoms with E-state index in [0.29, 0.717) is 29.9 Å². The molecule has 0 radical (unpaired) electrons. The predicted molar refractivity (Wildman–Crippen MR) is 96.8 cm³/mol. The minimum absolute atomic E-state index is 0.0599. The van der Waals surface area contributed by atoms with Crippen molar-refractivity contribution in [3.8, 4) is 0 Å². The van der Waals surface area contributed by atoms with Crippen LogP contribution in [0.3, 0.4) is 0 Å². The Kier molecular flexibility index (Phi) is 4.20. The molecule has 2 aromatic heterocycles. The molecule has 134 valence electrons. The fourth-order valence-corrected chi connectivity index (χ4v) is 3.85. The Morgan fingerprint density at radius 2 is 2.15 bits per heavy atom. The van der Waals surface area contributed by atoms with Gasteiger partial charge in [0.15, 0.2) is 0 Å². The molecular formula is C20H21N3O3. The highest BCUT2D eigenvalue weighted by Crippen LogP contribution is 2.34. The van der Waals surface area contributed by atoms with E-state index >= 15 is 0 Å². The van der Waals surface area contributed by atoms with Crippen molar-refractivity contribution in [2.75, 3.05) is 13.2 Å². The van der Waals surface area contributed by atoms with E-state index < -0.39 is 5.54 Å². The lowest BCUT2D eigenvalue weighted by Crippen LogP contribution is -2.51. The van der Waals surface area contributed by atoms with Crippen LogP contribution in [0.25, 0.3) is 11.1 Å². The van der Waals surface area contributed by atoms with Crippen molar-refractivity contribution >= 4 is 17.0 Å². The van der Waals surface area contributed by atoms with Crippen LogP contribution in [-0.4, -0.2) is 44.7 Å². The molecule has 0 aliphatic carbocycles. The third-order valence-electron chi connectivity index (χ3n) is 5.27. The highest BCUT2D eigenvalue weighted by atomic mass is 16.5. The van der Waals surface area contributed by atoms with Gasteiger partial charge in [-0.2, -0.15) is 0 Å². The van der Waals surface area contributed by atoms with Crippen LogP contribution in [0.15, 0.2) is 47.1 Å². The zero-order valence-corrected chi connectivity index (χ0v) is 14.7. The number of aliphatic hydroxyl groups is 1. The van der Waals surface area contributed by atoms with Gasteiger partial charge in [0.05, 0.1) is 28.8 Å². The second-order valence-corrected chi connectivity index (χ2v) is 6.95. The zero-order valence-electron chi connectivity index (χ0n) is 14.7. The summed E-state index contributed by atoms with van der Waals surface area (Å²) in [7, 11) is 0. The first-order valence-electron chi connectivity index (χ1n) is 8.82. The molecule has 1 aromatic carbocycles. The van der Waals surface area contributed by atoms with Crippen molar-refractivity contribution in [2.45, 2.75) is 31.7 Å². The largest absolute Gasteiger partial charge is 0.394 e. The van der Waals surface area contributed by atoms with Crippen LogP contribution in [0.4, 0.5) is 0 Å². The van der Waals surface area contributed by atoms with Crippen LogP contribution in [0.5, 0.6) is 0 Å². The van der Waals surface area contributed by atoms with E-state index in [1.54, 1.807) is 6.07 Å². The van der Waals surface area contributed by atoms with Gasteiger partial charge in [0.1, 0.15) is 0 Å². The lowest BCUT2D eigenvalue weighted by atomic mass is 9.88. The number of aromatic nitrogens is 2. The molecule has 1 unspecified atom stereocenters. The van der Waals surface area contributed by atoms with Gasteiger partial charge in [-0.15, -0.1) is 0 Å². The van der Waals surface area contributed by atoms with Crippen molar-refractivity contribution in [2.24, 2.45) is 0 Å². The molecule has 3 aromatic rings. The summed E-state index contributed by atoms with van der Waals surface area (Å²) >= 11 is 0. The summed E-state index contributed by atoms with van der Waals surface area (Å²) in [5.41, 5.74) is 2.18. The molecule has 0 spiro atoms. The molecule has 26 heavy (non-hydrogen) atoms. The maximum absolute atomic E-state index is 13.2. The zero-order chi connectivity index (χ0) is 18.1. The molecule has 1 amide bonds. The number of benzene rings is 1. The Balaban J connectivity index is 1.67. The summed E-state index contributed by atoms with van der Waals surface area (Å²) in [6, 6.07) is 11.8. The van der Waals surface area contributed by atoms with E-state index in [1.165, 1.54) is 6.20 Å². The smallest absolute Gasteiger partial charge is 0.257 e. The second-order valence-electron chi connectivity index (χ2n) is 6.95. The molecule has 4 rings (SSSR count). The van der Waals surface area contributed by atoms with Crippen LogP contribution in [0.2, 0.25) is 0 Å². The van der Waals surface area contributed by atoms with Gasteiger partial charge in [-0.05, 0) is 37.8 Å². The highest BCUT2D eigenvalue weighted by molar-refractivity contribution is 5.97. The number of aryl methyl sites for hydroxylation is 1. The number of fused-ring (bicyclic) bond motifs is 1. The van der Waals surface area contributed by atoms with Gasteiger partial charge in [-0.3, -0.25) is 4.79 Å². The van der Waals surface area contributed by atoms with E-state index in [9.17, 15) is 9.90 Å².